The van der Waals surface area contributed by atoms with E-state index < -0.39 is 10.0 Å². The molecule has 0 aliphatic carbocycles. The summed E-state index contributed by atoms with van der Waals surface area (Å²) in [5.41, 5.74) is 0.782. The van der Waals surface area contributed by atoms with Gasteiger partial charge in [0.1, 0.15) is 0 Å². The van der Waals surface area contributed by atoms with Gasteiger partial charge in [0.05, 0.1) is 5.75 Å². The van der Waals surface area contributed by atoms with E-state index in [0.717, 1.165) is 18.4 Å². The monoisotopic (exact) mass is 355 g/mol. The molecular weight excluding hydrogens is 338 g/mol. The van der Waals surface area contributed by atoms with Crippen LogP contribution in [0.2, 0.25) is 5.02 Å². The van der Waals surface area contributed by atoms with E-state index in [1.165, 1.54) is 4.88 Å². The van der Waals surface area contributed by atoms with Crippen LogP contribution < -0.4 is 0 Å². The molecule has 1 aromatic heterocycles. The first-order valence-corrected chi connectivity index (χ1v) is 10.2. The molecular formula is C16H18ClNO2S2. The molecule has 0 spiro atoms. The van der Waals surface area contributed by atoms with Gasteiger partial charge in [-0.25, -0.2) is 12.7 Å². The van der Waals surface area contributed by atoms with E-state index in [1.54, 1.807) is 39.9 Å². The first-order chi connectivity index (χ1) is 10.5. The van der Waals surface area contributed by atoms with Crippen molar-refractivity contribution in [2.45, 2.75) is 24.5 Å². The Morgan fingerprint density at radius 2 is 1.82 bits per heavy atom. The quantitative estimate of drug-likeness (QED) is 0.827. The van der Waals surface area contributed by atoms with Gasteiger partial charge in [-0.3, -0.25) is 0 Å². The molecule has 0 amide bonds. The average Bonchev–Trinajstić information content (AvgIpc) is 3.04. The molecule has 2 heterocycles. The van der Waals surface area contributed by atoms with Crippen LogP contribution >= 0.6 is 22.9 Å². The van der Waals surface area contributed by atoms with E-state index in [0.29, 0.717) is 24.0 Å². The normalized spacial score (nSPS) is 17.7. The number of hydrogen-bond acceptors (Lipinski definition) is 3. The second-order valence-electron chi connectivity index (χ2n) is 5.57. The fourth-order valence-corrected chi connectivity index (χ4v) is 5.41. The SMILES string of the molecule is O=S(=O)(Cc1ccc(Cl)cc1)N1CCC(c2cccs2)CC1. The standard InChI is InChI=1S/C16H18ClNO2S2/c17-15-5-3-13(4-6-15)12-22(19,20)18-9-7-14(8-10-18)16-2-1-11-21-16/h1-6,11,14H,7-10,12H2. The second kappa shape index (κ2) is 6.71. The first kappa shape index (κ1) is 16.0. The van der Waals surface area contributed by atoms with Crippen LogP contribution in [0, 0.1) is 0 Å². The maximum absolute atomic E-state index is 12.5. The number of sulfonamides is 1. The molecule has 0 radical (unpaired) electrons. The summed E-state index contributed by atoms with van der Waals surface area (Å²) in [6.45, 7) is 1.22. The Morgan fingerprint density at radius 1 is 1.14 bits per heavy atom. The molecule has 1 fully saturated rings. The summed E-state index contributed by atoms with van der Waals surface area (Å²) in [4.78, 5) is 1.37. The third-order valence-corrected chi connectivity index (χ3v) is 7.19. The smallest absolute Gasteiger partial charge is 0.212 e. The molecule has 1 aliphatic heterocycles. The summed E-state index contributed by atoms with van der Waals surface area (Å²) in [6, 6.07) is 11.2. The van der Waals surface area contributed by atoms with Gasteiger partial charge in [-0.05, 0) is 47.9 Å². The van der Waals surface area contributed by atoms with E-state index >= 15 is 0 Å². The van der Waals surface area contributed by atoms with Crippen LogP contribution in [0.1, 0.15) is 29.2 Å². The Kier molecular flexibility index (Phi) is 4.88. The zero-order chi connectivity index (χ0) is 15.6. The molecule has 1 saturated heterocycles. The average molecular weight is 356 g/mol. The van der Waals surface area contributed by atoms with Gasteiger partial charge in [0, 0.05) is 23.0 Å². The van der Waals surface area contributed by atoms with Gasteiger partial charge in [-0.1, -0.05) is 29.8 Å². The number of piperidine rings is 1. The highest BCUT2D eigenvalue weighted by atomic mass is 35.5. The highest BCUT2D eigenvalue weighted by molar-refractivity contribution is 7.88. The molecule has 0 saturated carbocycles. The zero-order valence-corrected chi connectivity index (χ0v) is 14.5. The van der Waals surface area contributed by atoms with Crippen LogP contribution in [0.5, 0.6) is 0 Å². The van der Waals surface area contributed by atoms with E-state index in [4.69, 9.17) is 11.6 Å². The van der Waals surface area contributed by atoms with Crippen LogP contribution in [0.4, 0.5) is 0 Å². The summed E-state index contributed by atoms with van der Waals surface area (Å²) >= 11 is 7.60. The predicted molar refractivity (Wildman–Crippen MR) is 91.9 cm³/mol. The lowest BCUT2D eigenvalue weighted by atomic mass is 9.97. The van der Waals surface area contributed by atoms with E-state index in [9.17, 15) is 8.42 Å². The number of halogens is 1. The van der Waals surface area contributed by atoms with Crippen molar-refractivity contribution in [2.24, 2.45) is 0 Å². The second-order valence-corrected chi connectivity index (χ2v) is 8.96. The van der Waals surface area contributed by atoms with E-state index in [2.05, 4.69) is 17.5 Å². The number of rotatable bonds is 4. The minimum atomic E-state index is -3.25. The Morgan fingerprint density at radius 3 is 2.41 bits per heavy atom. The molecule has 3 rings (SSSR count). The maximum atomic E-state index is 12.5. The number of nitrogens with zero attached hydrogens (tertiary/aromatic N) is 1. The predicted octanol–water partition coefficient (Wildman–Crippen LogP) is 4.11. The Balaban J connectivity index is 1.63. The lowest BCUT2D eigenvalue weighted by Gasteiger charge is -2.30. The van der Waals surface area contributed by atoms with Crippen molar-refractivity contribution < 1.29 is 8.42 Å². The van der Waals surface area contributed by atoms with Gasteiger partial charge in [-0.2, -0.15) is 0 Å². The van der Waals surface area contributed by atoms with Crippen LogP contribution in [0.3, 0.4) is 0 Å². The fourth-order valence-electron chi connectivity index (χ4n) is 2.82. The molecule has 0 atom stereocenters. The largest absolute Gasteiger partial charge is 0.218 e. The Labute approximate surface area is 140 Å². The summed E-state index contributed by atoms with van der Waals surface area (Å²) in [5.74, 6) is 0.551. The van der Waals surface area contributed by atoms with Crippen molar-refractivity contribution in [2.75, 3.05) is 13.1 Å². The van der Waals surface area contributed by atoms with Gasteiger partial charge >= 0.3 is 0 Å². The zero-order valence-electron chi connectivity index (χ0n) is 12.1. The molecule has 3 nitrogen and oxygen atoms in total. The van der Waals surface area contributed by atoms with Gasteiger partial charge in [-0.15, -0.1) is 11.3 Å². The van der Waals surface area contributed by atoms with Gasteiger partial charge in [0.2, 0.25) is 10.0 Å². The highest BCUT2D eigenvalue weighted by Crippen LogP contribution is 2.32. The van der Waals surface area contributed by atoms with Crippen molar-refractivity contribution in [3.05, 3.63) is 57.2 Å². The molecule has 22 heavy (non-hydrogen) atoms. The number of hydrogen-bond donors (Lipinski definition) is 0. The lowest BCUT2D eigenvalue weighted by molar-refractivity contribution is 0.321. The van der Waals surface area contributed by atoms with Crippen molar-refractivity contribution in [3.8, 4) is 0 Å². The lowest BCUT2D eigenvalue weighted by Crippen LogP contribution is -2.38. The Bertz CT molecular complexity index is 703. The fraction of sp³-hybridized carbons (Fsp3) is 0.375. The first-order valence-electron chi connectivity index (χ1n) is 7.30. The van der Waals surface area contributed by atoms with E-state index in [-0.39, 0.29) is 5.75 Å². The summed E-state index contributed by atoms with van der Waals surface area (Å²) in [7, 11) is -3.25. The van der Waals surface area contributed by atoms with Gasteiger partial charge in [0.25, 0.3) is 0 Å². The highest BCUT2D eigenvalue weighted by Gasteiger charge is 2.29. The topological polar surface area (TPSA) is 37.4 Å². The molecule has 118 valence electrons. The van der Waals surface area contributed by atoms with Crippen LogP contribution in [-0.2, 0) is 15.8 Å². The molecule has 1 aromatic carbocycles. The van der Waals surface area contributed by atoms with E-state index in [1.807, 2.05) is 0 Å². The Hall–Kier alpha value is -0.880. The third kappa shape index (κ3) is 3.71. The van der Waals surface area contributed by atoms with Gasteiger partial charge < -0.3 is 0 Å². The summed E-state index contributed by atoms with van der Waals surface area (Å²) < 4.78 is 26.7. The van der Waals surface area contributed by atoms with Crippen molar-refractivity contribution >= 4 is 33.0 Å². The number of benzene rings is 1. The third-order valence-electron chi connectivity index (χ3n) is 4.06. The molecule has 0 N–H and O–H groups in total. The molecule has 0 bridgehead atoms. The minimum Gasteiger partial charge on any atom is -0.212 e. The maximum Gasteiger partial charge on any atom is 0.218 e. The van der Waals surface area contributed by atoms with Gasteiger partial charge in [0.15, 0.2) is 0 Å². The number of thiophene rings is 1. The minimum absolute atomic E-state index is 0.0494. The molecule has 1 aliphatic rings. The van der Waals surface area contributed by atoms with Crippen molar-refractivity contribution in [1.29, 1.82) is 0 Å². The summed E-state index contributed by atoms with van der Waals surface area (Å²) in [5, 5.41) is 2.71. The molecule has 2 aromatic rings. The molecule has 0 unspecified atom stereocenters. The van der Waals surface area contributed by atoms with Crippen LogP contribution in [-0.4, -0.2) is 25.8 Å². The summed E-state index contributed by atoms with van der Waals surface area (Å²) in [6.07, 6.45) is 1.81. The van der Waals surface area contributed by atoms with Crippen molar-refractivity contribution in [1.82, 2.24) is 4.31 Å². The van der Waals surface area contributed by atoms with Crippen LogP contribution in [0.25, 0.3) is 0 Å². The van der Waals surface area contributed by atoms with Crippen LogP contribution in [0.15, 0.2) is 41.8 Å². The molecule has 6 heteroatoms. The van der Waals surface area contributed by atoms with Crippen molar-refractivity contribution in [3.63, 3.8) is 0 Å².